The Kier molecular flexibility index (Phi) is 4.48. The van der Waals surface area contributed by atoms with Crippen LogP contribution in [-0.2, 0) is 24.7 Å². The Morgan fingerprint density at radius 2 is 1.90 bits per heavy atom. The fourth-order valence-electron chi connectivity index (χ4n) is 6.37. The molecule has 1 aliphatic carbocycles. The molecule has 5 rings (SSSR count). The van der Waals surface area contributed by atoms with E-state index < -0.39 is 29.4 Å². The molecule has 1 aromatic carbocycles. The number of anilines is 1. The number of hydrogen-bond donors (Lipinski definition) is 2. The third-order valence-electron chi connectivity index (χ3n) is 7.98. The van der Waals surface area contributed by atoms with Gasteiger partial charge in [-0.1, -0.05) is 18.9 Å². The summed E-state index contributed by atoms with van der Waals surface area (Å²) in [4.78, 5) is 53.3. The van der Waals surface area contributed by atoms with E-state index in [2.05, 4.69) is 5.32 Å². The van der Waals surface area contributed by atoms with E-state index in [0.717, 1.165) is 42.4 Å². The number of carboxylic acid groups (broad SMARTS) is 1. The number of aliphatic carboxylic acids is 1. The molecule has 3 aliphatic heterocycles. The van der Waals surface area contributed by atoms with Gasteiger partial charge >= 0.3 is 0 Å². The smallest absolute Gasteiger partial charge is 0.291 e. The molecular formula is C23H27N3O5. The third-order valence-corrected chi connectivity index (χ3v) is 7.98. The highest BCUT2D eigenvalue weighted by molar-refractivity contribution is 6.14. The zero-order chi connectivity index (χ0) is 22.1. The first-order valence-electron chi connectivity index (χ1n) is 11.1. The maximum absolute atomic E-state index is 13.7. The lowest BCUT2D eigenvalue weighted by Gasteiger charge is -2.29. The summed E-state index contributed by atoms with van der Waals surface area (Å²) in [5, 5.41) is 15.9. The van der Waals surface area contributed by atoms with Crippen molar-refractivity contribution in [3.05, 3.63) is 28.8 Å². The van der Waals surface area contributed by atoms with E-state index in [1.165, 1.54) is 4.90 Å². The summed E-state index contributed by atoms with van der Waals surface area (Å²) in [6, 6.07) is 3.22. The van der Waals surface area contributed by atoms with Crippen molar-refractivity contribution in [2.75, 3.05) is 5.32 Å². The van der Waals surface area contributed by atoms with Gasteiger partial charge in [0.2, 0.25) is 17.4 Å². The zero-order valence-electron chi connectivity index (χ0n) is 17.8. The molecule has 1 saturated carbocycles. The highest BCUT2D eigenvalue weighted by Gasteiger charge is 2.74. The van der Waals surface area contributed by atoms with Gasteiger partial charge in [-0.15, -0.1) is 0 Å². The number of rotatable bonds is 4. The Bertz CT molecular complexity index is 1010. The van der Waals surface area contributed by atoms with Crippen LogP contribution in [0.2, 0.25) is 0 Å². The van der Waals surface area contributed by atoms with Crippen LogP contribution in [0.15, 0.2) is 12.1 Å². The number of carbonyl (C=O) groups excluding carboxylic acids is 4. The molecule has 3 heterocycles. The first-order valence-corrected chi connectivity index (χ1v) is 11.1. The summed E-state index contributed by atoms with van der Waals surface area (Å²) in [6.07, 6.45) is 3.49. The number of fused-ring (bicyclic) bond motifs is 4. The van der Waals surface area contributed by atoms with E-state index in [0.29, 0.717) is 5.69 Å². The Hall–Kier alpha value is -2.74. The Morgan fingerprint density at radius 3 is 2.58 bits per heavy atom. The standard InChI is InChI=1S/C23H27N3O5/c1-11-7-8-14-19(12(11)2)24-22(31)23(14)18-17(15(25-23)9-10-16(27)28)20(29)26(21(18)30)13-5-3-4-6-13/h7-8,13,15,17-18,25H,3-6,9-10H2,1-2H3,(H,24,31)(H,27,28)/t15-,17-,18+,23+/m1/s1. The molecule has 0 aromatic heterocycles. The maximum atomic E-state index is 13.7. The Morgan fingerprint density at radius 1 is 1.19 bits per heavy atom. The summed E-state index contributed by atoms with van der Waals surface area (Å²) >= 11 is 0. The SMILES string of the molecule is Cc1ccc2c(c1C)NC(=O)[C@]21[NH2+][C@H](CCC(=O)[O-])[C@H]2C(=O)N(C3CCCC3)C(=O)[C@H]21. The molecular weight excluding hydrogens is 398 g/mol. The van der Waals surface area contributed by atoms with E-state index in [-0.39, 0.29) is 36.6 Å². The Labute approximate surface area is 180 Å². The number of nitrogens with one attached hydrogen (secondary N) is 1. The normalized spacial score (nSPS) is 32.1. The summed E-state index contributed by atoms with van der Waals surface area (Å²) in [5.41, 5.74) is 2.16. The van der Waals surface area contributed by atoms with Crippen LogP contribution < -0.4 is 15.7 Å². The predicted octanol–water partition coefficient (Wildman–Crippen LogP) is -0.530. The average Bonchev–Trinajstić information content (AvgIpc) is 3.46. The second kappa shape index (κ2) is 6.88. The largest absolute Gasteiger partial charge is 0.550 e. The molecule has 3 amide bonds. The van der Waals surface area contributed by atoms with Crippen LogP contribution in [0.5, 0.6) is 0 Å². The number of nitrogens with zero attached hydrogens (tertiary/aromatic N) is 1. The van der Waals surface area contributed by atoms with Crippen LogP contribution in [0, 0.1) is 25.7 Å². The molecule has 2 saturated heterocycles. The molecule has 4 atom stereocenters. The minimum atomic E-state index is -1.24. The molecule has 1 spiro atoms. The first kappa shape index (κ1) is 20.2. The maximum Gasteiger partial charge on any atom is 0.291 e. The van der Waals surface area contributed by atoms with E-state index in [1.807, 2.05) is 26.0 Å². The molecule has 3 N–H and O–H groups in total. The highest BCUT2D eigenvalue weighted by atomic mass is 16.4. The van der Waals surface area contributed by atoms with Crippen LogP contribution in [0.25, 0.3) is 0 Å². The van der Waals surface area contributed by atoms with E-state index >= 15 is 0 Å². The molecule has 0 radical (unpaired) electrons. The number of quaternary nitrogens is 1. The number of amides is 3. The van der Waals surface area contributed by atoms with Crippen LogP contribution in [-0.4, -0.2) is 40.7 Å². The quantitative estimate of drug-likeness (QED) is 0.628. The molecule has 3 fully saturated rings. The number of likely N-dealkylation sites (tertiary alicyclic amines) is 1. The van der Waals surface area contributed by atoms with Crippen LogP contribution >= 0.6 is 0 Å². The van der Waals surface area contributed by atoms with Gasteiger partial charge in [-0.25, -0.2) is 0 Å². The van der Waals surface area contributed by atoms with E-state index in [9.17, 15) is 24.3 Å². The molecule has 8 heteroatoms. The predicted molar refractivity (Wildman–Crippen MR) is 107 cm³/mol. The highest BCUT2D eigenvalue weighted by Crippen LogP contribution is 2.51. The van der Waals surface area contributed by atoms with Gasteiger partial charge in [0.15, 0.2) is 0 Å². The second-order valence-corrected chi connectivity index (χ2v) is 9.48. The van der Waals surface area contributed by atoms with Crippen molar-refractivity contribution in [1.29, 1.82) is 0 Å². The first-order chi connectivity index (χ1) is 14.8. The fraction of sp³-hybridized carbons (Fsp3) is 0.565. The van der Waals surface area contributed by atoms with Gasteiger partial charge in [0.1, 0.15) is 17.9 Å². The third kappa shape index (κ3) is 2.63. The molecule has 164 valence electrons. The number of aryl methyl sites for hydroxylation is 1. The number of carboxylic acids is 1. The molecule has 31 heavy (non-hydrogen) atoms. The lowest BCUT2D eigenvalue weighted by atomic mass is 9.76. The molecule has 1 aromatic rings. The Balaban J connectivity index is 1.63. The lowest BCUT2D eigenvalue weighted by Crippen LogP contribution is -2.99. The second-order valence-electron chi connectivity index (χ2n) is 9.48. The summed E-state index contributed by atoms with van der Waals surface area (Å²) in [7, 11) is 0. The van der Waals surface area contributed by atoms with E-state index in [1.54, 1.807) is 5.32 Å². The van der Waals surface area contributed by atoms with Gasteiger partial charge < -0.3 is 20.5 Å². The van der Waals surface area contributed by atoms with Gasteiger partial charge in [0.05, 0.1) is 5.69 Å². The monoisotopic (exact) mass is 425 g/mol. The number of hydrogen-bond acceptors (Lipinski definition) is 5. The van der Waals surface area contributed by atoms with Crippen molar-refractivity contribution < 1.29 is 29.6 Å². The van der Waals surface area contributed by atoms with Crippen molar-refractivity contribution in [2.45, 2.75) is 70.0 Å². The number of carbonyl (C=O) groups is 4. The van der Waals surface area contributed by atoms with Crippen molar-refractivity contribution in [2.24, 2.45) is 11.8 Å². The summed E-state index contributed by atoms with van der Waals surface area (Å²) in [5.74, 6) is -3.55. The molecule has 8 nitrogen and oxygen atoms in total. The molecule has 0 unspecified atom stereocenters. The van der Waals surface area contributed by atoms with Gasteiger partial charge in [-0.3, -0.25) is 19.3 Å². The van der Waals surface area contributed by atoms with Crippen molar-refractivity contribution in [3.8, 4) is 0 Å². The lowest BCUT2D eigenvalue weighted by molar-refractivity contribution is -0.734. The van der Waals surface area contributed by atoms with Gasteiger partial charge in [-0.05, 0) is 50.3 Å². The minimum absolute atomic E-state index is 0.117. The number of benzene rings is 1. The topological polar surface area (TPSA) is 123 Å². The van der Waals surface area contributed by atoms with Crippen LogP contribution in [0.3, 0.4) is 0 Å². The summed E-state index contributed by atoms with van der Waals surface area (Å²) in [6.45, 7) is 3.89. The van der Waals surface area contributed by atoms with Crippen LogP contribution in [0.1, 0.15) is 55.2 Å². The number of imide groups is 1. The average molecular weight is 425 g/mol. The van der Waals surface area contributed by atoms with Gasteiger partial charge in [0.25, 0.3) is 5.91 Å². The van der Waals surface area contributed by atoms with Crippen molar-refractivity contribution >= 4 is 29.4 Å². The summed E-state index contributed by atoms with van der Waals surface area (Å²) < 4.78 is 0. The van der Waals surface area contributed by atoms with Crippen molar-refractivity contribution in [3.63, 3.8) is 0 Å². The molecule has 0 bridgehead atoms. The minimum Gasteiger partial charge on any atom is -0.550 e. The van der Waals surface area contributed by atoms with Crippen LogP contribution in [0.4, 0.5) is 5.69 Å². The van der Waals surface area contributed by atoms with Crippen molar-refractivity contribution in [1.82, 2.24) is 4.90 Å². The number of nitrogens with two attached hydrogens (primary N) is 1. The van der Waals surface area contributed by atoms with Gasteiger partial charge in [0, 0.05) is 24.0 Å². The van der Waals surface area contributed by atoms with Gasteiger partial charge in [-0.2, -0.15) is 0 Å². The fourth-order valence-corrected chi connectivity index (χ4v) is 6.37. The molecule has 4 aliphatic rings. The zero-order valence-corrected chi connectivity index (χ0v) is 17.8. The van der Waals surface area contributed by atoms with E-state index in [4.69, 9.17) is 0 Å².